The molecule has 6 heteroatoms. The first-order valence-corrected chi connectivity index (χ1v) is 6.59. The van der Waals surface area contributed by atoms with E-state index in [-0.39, 0.29) is 19.0 Å². The predicted molar refractivity (Wildman–Crippen MR) is 74.1 cm³/mol. The highest BCUT2D eigenvalue weighted by molar-refractivity contribution is 5.78. The van der Waals surface area contributed by atoms with Gasteiger partial charge in [-0.3, -0.25) is 14.5 Å². The normalized spacial score (nSPS) is 11.1. The number of hydrogen-bond acceptors (Lipinski definition) is 4. The Morgan fingerprint density at radius 2 is 2.05 bits per heavy atom. The van der Waals surface area contributed by atoms with Crippen LogP contribution in [0, 0.1) is 5.92 Å². The van der Waals surface area contributed by atoms with Crippen LogP contribution in [0.2, 0.25) is 0 Å². The van der Waals surface area contributed by atoms with E-state index in [1.807, 2.05) is 13.8 Å². The Balaban J connectivity index is 2.53. The summed E-state index contributed by atoms with van der Waals surface area (Å²) in [5, 5.41) is 8.87. The zero-order valence-corrected chi connectivity index (χ0v) is 12.2. The minimum Gasteiger partial charge on any atom is -0.480 e. The summed E-state index contributed by atoms with van der Waals surface area (Å²) in [5.74, 6) is -0.0394. The number of carbonyl (C=O) groups is 2. The van der Waals surface area contributed by atoms with Crippen LogP contribution in [0.15, 0.2) is 22.8 Å². The molecule has 0 unspecified atom stereocenters. The quantitative estimate of drug-likeness (QED) is 0.777. The monoisotopic (exact) mass is 282 g/mol. The molecule has 0 bridgehead atoms. The zero-order valence-electron chi connectivity index (χ0n) is 12.2. The molecule has 0 fully saturated rings. The van der Waals surface area contributed by atoms with Crippen LogP contribution in [-0.2, 0) is 16.1 Å². The van der Waals surface area contributed by atoms with Gasteiger partial charge in [-0.25, -0.2) is 0 Å². The van der Waals surface area contributed by atoms with Gasteiger partial charge in [0.1, 0.15) is 5.76 Å². The highest BCUT2D eigenvalue weighted by Gasteiger charge is 2.18. The van der Waals surface area contributed by atoms with Gasteiger partial charge in [0.05, 0.1) is 25.9 Å². The number of nitrogens with zero attached hydrogens (tertiary/aromatic N) is 2. The van der Waals surface area contributed by atoms with Gasteiger partial charge in [-0.2, -0.15) is 0 Å². The molecule has 1 amide bonds. The lowest BCUT2D eigenvalue weighted by Gasteiger charge is -2.24. The van der Waals surface area contributed by atoms with Crippen molar-refractivity contribution in [3.8, 4) is 0 Å². The fourth-order valence-electron chi connectivity index (χ4n) is 1.93. The number of rotatable bonds is 8. The Morgan fingerprint density at radius 1 is 1.35 bits per heavy atom. The topological polar surface area (TPSA) is 74.0 Å². The molecule has 0 saturated carbocycles. The second-order valence-electron chi connectivity index (χ2n) is 5.29. The minimum atomic E-state index is -0.924. The van der Waals surface area contributed by atoms with E-state index in [4.69, 9.17) is 9.52 Å². The summed E-state index contributed by atoms with van der Waals surface area (Å²) in [7, 11) is 1.68. The van der Waals surface area contributed by atoms with Crippen molar-refractivity contribution in [2.24, 2.45) is 5.92 Å². The molecule has 1 aromatic rings. The smallest absolute Gasteiger partial charge is 0.317 e. The number of furan rings is 1. The van der Waals surface area contributed by atoms with Crippen LogP contribution in [0.4, 0.5) is 0 Å². The summed E-state index contributed by atoms with van der Waals surface area (Å²) in [6.45, 7) is 4.92. The molecule has 0 aromatic carbocycles. The molecule has 20 heavy (non-hydrogen) atoms. The summed E-state index contributed by atoms with van der Waals surface area (Å²) in [5.41, 5.74) is 0. The van der Waals surface area contributed by atoms with Crippen LogP contribution in [0.1, 0.15) is 19.6 Å². The van der Waals surface area contributed by atoms with Crippen LogP contribution in [-0.4, -0.2) is 53.5 Å². The molecule has 0 aliphatic rings. The number of hydrogen-bond donors (Lipinski definition) is 1. The van der Waals surface area contributed by atoms with Crippen LogP contribution >= 0.6 is 0 Å². The summed E-state index contributed by atoms with van der Waals surface area (Å²) < 4.78 is 5.19. The lowest BCUT2D eigenvalue weighted by Crippen LogP contribution is -2.41. The molecule has 0 radical (unpaired) electrons. The second-order valence-corrected chi connectivity index (χ2v) is 5.29. The van der Waals surface area contributed by atoms with E-state index in [1.54, 1.807) is 30.3 Å². The minimum absolute atomic E-state index is 0.0989. The molecule has 0 aliphatic carbocycles. The van der Waals surface area contributed by atoms with E-state index in [2.05, 4.69) is 0 Å². The summed E-state index contributed by atoms with van der Waals surface area (Å²) in [6, 6.07) is 3.57. The molecule has 0 aliphatic heterocycles. The fourth-order valence-corrected chi connectivity index (χ4v) is 1.93. The SMILES string of the molecule is CC(C)CN(CC(=O)O)CC(=O)N(C)Cc1ccco1. The third-order valence-corrected chi connectivity index (χ3v) is 2.74. The molecular formula is C14H22N2O4. The molecule has 1 N–H and O–H groups in total. The van der Waals surface area contributed by atoms with Gasteiger partial charge < -0.3 is 14.4 Å². The van der Waals surface area contributed by atoms with Crippen molar-refractivity contribution in [3.05, 3.63) is 24.2 Å². The second kappa shape index (κ2) is 7.69. The molecule has 112 valence electrons. The maximum absolute atomic E-state index is 12.1. The van der Waals surface area contributed by atoms with Crippen molar-refractivity contribution in [2.45, 2.75) is 20.4 Å². The molecular weight excluding hydrogens is 260 g/mol. The third kappa shape index (κ3) is 5.88. The molecule has 0 spiro atoms. The van der Waals surface area contributed by atoms with Crippen molar-refractivity contribution >= 4 is 11.9 Å². The average Bonchev–Trinajstić information content (AvgIpc) is 2.79. The Bertz CT molecular complexity index is 428. The molecule has 0 saturated heterocycles. The molecule has 0 atom stereocenters. The summed E-state index contributed by atoms with van der Waals surface area (Å²) in [4.78, 5) is 26.1. The largest absolute Gasteiger partial charge is 0.480 e. The van der Waals surface area contributed by atoms with Crippen LogP contribution in [0.25, 0.3) is 0 Å². The van der Waals surface area contributed by atoms with Gasteiger partial charge in [0.15, 0.2) is 0 Å². The van der Waals surface area contributed by atoms with Crippen molar-refractivity contribution in [2.75, 3.05) is 26.7 Å². The number of aliphatic carboxylic acids is 1. The van der Waals surface area contributed by atoms with Gasteiger partial charge >= 0.3 is 5.97 Å². The van der Waals surface area contributed by atoms with Gasteiger partial charge in [-0.15, -0.1) is 0 Å². The van der Waals surface area contributed by atoms with Crippen LogP contribution in [0.5, 0.6) is 0 Å². The first kappa shape index (κ1) is 16.2. The number of amides is 1. The van der Waals surface area contributed by atoms with Gasteiger partial charge in [-0.1, -0.05) is 13.8 Å². The van der Waals surface area contributed by atoms with E-state index in [0.717, 1.165) is 0 Å². The molecule has 1 heterocycles. The first-order chi connectivity index (χ1) is 9.38. The number of likely N-dealkylation sites (N-methyl/N-ethyl adjacent to an activating group) is 1. The van der Waals surface area contributed by atoms with Crippen molar-refractivity contribution < 1.29 is 19.1 Å². The Labute approximate surface area is 119 Å². The summed E-state index contributed by atoms with van der Waals surface area (Å²) in [6.07, 6.45) is 1.56. The highest BCUT2D eigenvalue weighted by atomic mass is 16.4. The maximum atomic E-state index is 12.1. The van der Waals surface area contributed by atoms with Crippen molar-refractivity contribution in [1.29, 1.82) is 0 Å². The maximum Gasteiger partial charge on any atom is 0.317 e. The van der Waals surface area contributed by atoms with E-state index >= 15 is 0 Å². The molecule has 1 aromatic heterocycles. The third-order valence-electron chi connectivity index (χ3n) is 2.74. The molecule has 6 nitrogen and oxygen atoms in total. The standard InChI is InChI=1S/C14H22N2O4/c1-11(2)7-16(10-14(18)19)9-13(17)15(3)8-12-5-4-6-20-12/h4-6,11H,7-10H2,1-3H3,(H,18,19). The van der Waals surface area contributed by atoms with Gasteiger partial charge in [0.25, 0.3) is 0 Å². The van der Waals surface area contributed by atoms with E-state index in [9.17, 15) is 9.59 Å². The number of carboxylic acids is 1. The van der Waals surface area contributed by atoms with Gasteiger partial charge in [0.2, 0.25) is 5.91 Å². The van der Waals surface area contributed by atoms with Crippen molar-refractivity contribution in [3.63, 3.8) is 0 Å². The van der Waals surface area contributed by atoms with Gasteiger partial charge in [-0.05, 0) is 18.1 Å². The average molecular weight is 282 g/mol. The highest BCUT2D eigenvalue weighted by Crippen LogP contribution is 2.05. The Morgan fingerprint density at radius 3 is 2.55 bits per heavy atom. The lowest BCUT2D eigenvalue weighted by molar-refractivity contribution is -0.139. The molecule has 1 rings (SSSR count). The van der Waals surface area contributed by atoms with E-state index in [0.29, 0.717) is 24.8 Å². The lowest BCUT2D eigenvalue weighted by atomic mass is 10.2. The number of carboxylic acid groups (broad SMARTS) is 1. The van der Waals surface area contributed by atoms with Crippen LogP contribution < -0.4 is 0 Å². The van der Waals surface area contributed by atoms with E-state index < -0.39 is 5.97 Å². The van der Waals surface area contributed by atoms with E-state index in [1.165, 1.54) is 4.90 Å². The predicted octanol–water partition coefficient (Wildman–Crippen LogP) is 1.28. The van der Waals surface area contributed by atoms with Crippen LogP contribution in [0.3, 0.4) is 0 Å². The Kier molecular flexibility index (Phi) is 6.24. The summed E-state index contributed by atoms with van der Waals surface area (Å²) >= 11 is 0. The Hall–Kier alpha value is -1.82. The zero-order chi connectivity index (χ0) is 15.1. The number of carbonyl (C=O) groups excluding carboxylic acids is 1. The first-order valence-electron chi connectivity index (χ1n) is 6.59. The van der Waals surface area contributed by atoms with Gasteiger partial charge in [0, 0.05) is 13.6 Å². The fraction of sp³-hybridized carbons (Fsp3) is 0.571. The van der Waals surface area contributed by atoms with Crippen molar-refractivity contribution in [1.82, 2.24) is 9.80 Å².